The van der Waals surface area contributed by atoms with Crippen LogP contribution in [0, 0.1) is 17.1 Å². The summed E-state index contributed by atoms with van der Waals surface area (Å²) in [5.74, 6) is 0.360. The molecule has 0 bridgehead atoms. The molecule has 0 aliphatic heterocycles. The molecule has 0 aromatic heterocycles. The summed E-state index contributed by atoms with van der Waals surface area (Å²) in [5, 5.41) is 8.76. The molecule has 102 valence electrons. The van der Waals surface area contributed by atoms with Crippen molar-refractivity contribution in [3.05, 3.63) is 47.8 Å². The van der Waals surface area contributed by atoms with Crippen LogP contribution in [0.1, 0.15) is 5.56 Å². The summed E-state index contributed by atoms with van der Waals surface area (Å²) < 4.78 is 24.5. The third-order valence-corrected chi connectivity index (χ3v) is 3.05. The molecule has 0 aliphatic rings. The Labute approximate surface area is 117 Å². The van der Waals surface area contributed by atoms with Crippen LogP contribution in [0.5, 0.6) is 11.5 Å². The molecule has 4 heteroatoms. The van der Waals surface area contributed by atoms with E-state index >= 15 is 0 Å². The predicted molar refractivity (Wildman–Crippen MR) is 74.3 cm³/mol. The average molecular weight is 271 g/mol. The van der Waals surface area contributed by atoms with Crippen molar-refractivity contribution < 1.29 is 13.9 Å². The van der Waals surface area contributed by atoms with E-state index in [-0.39, 0.29) is 12.2 Å². The fourth-order valence-electron chi connectivity index (χ4n) is 2.03. The third-order valence-electron chi connectivity index (χ3n) is 3.05. The van der Waals surface area contributed by atoms with E-state index < -0.39 is 5.82 Å². The van der Waals surface area contributed by atoms with Gasteiger partial charge in [-0.2, -0.15) is 5.26 Å². The van der Waals surface area contributed by atoms with Gasteiger partial charge in [0.1, 0.15) is 5.75 Å². The van der Waals surface area contributed by atoms with Crippen LogP contribution in [0.15, 0.2) is 36.4 Å². The quantitative estimate of drug-likeness (QED) is 0.853. The summed E-state index contributed by atoms with van der Waals surface area (Å²) in [5.41, 5.74) is 1.90. The summed E-state index contributed by atoms with van der Waals surface area (Å²) in [4.78, 5) is 0. The second kappa shape index (κ2) is 6.07. The van der Waals surface area contributed by atoms with Crippen molar-refractivity contribution in [2.24, 2.45) is 0 Å². The zero-order valence-electron chi connectivity index (χ0n) is 11.3. The Balaban J connectivity index is 2.51. The van der Waals surface area contributed by atoms with Gasteiger partial charge in [0.05, 0.1) is 26.7 Å². The lowest BCUT2D eigenvalue weighted by Crippen LogP contribution is -1.94. The van der Waals surface area contributed by atoms with Gasteiger partial charge in [0.15, 0.2) is 11.6 Å². The molecule has 0 heterocycles. The fourth-order valence-corrected chi connectivity index (χ4v) is 2.03. The van der Waals surface area contributed by atoms with Crippen LogP contribution in [0.3, 0.4) is 0 Å². The molecule has 0 unspecified atom stereocenters. The van der Waals surface area contributed by atoms with Crippen molar-refractivity contribution in [3.8, 4) is 28.7 Å². The van der Waals surface area contributed by atoms with Crippen LogP contribution >= 0.6 is 0 Å². The maximum absolute atomic E-state index is 14.2. The minimum atomic E-state index is -0.412. The van der Waals surface area contributed by atoms with Gasteiger partial charge in [-0.3, -0.25) is 0 Å². The number of nitrogens with zero attached hydrogens (tertiary/aromatic N) is 1. The van der Waals surface area contributed by atoms with Gasteiger partial charge in [-0.15, -0.1) is 0 Å². The molecule has 0 amide bonds. The molecular weight excluding hydrogens is 257 g/mol. The molecule has 2 aromatic rings. The van der Waals surface area contributed by atoms with Crippen molar-refractivity contribution in [2.45, 2.75) is 6.42 Å². The van der Waals surface area contributed by atoms with Crippen molar-refractivity contribution in [2.75, 3.05) is 14.2 Å². The topological polar surface area (TPSA) is 42.2 Å². The van der Waals surface area contributed by atoms with E-state index in [2.05, 4.69) is 6.07 Å². The second-order valence-electron chi connectivity index (χ2n) is 4.18. The molecule has 0 atom stereocenters. The van der Waals surface area contributed by atoms with Crippen molar-refractivity contribution in [1.82, 2.24) is 0 Å². The third kappa shape index (κ3) is 2.57. The molecule has 0 saturated carbocycles. The summed E-state index contributed by atoms with van der Waals surface area (Å²) >= 11 is 0. The van der Waals surface area contributed by atoms with Crippen LogP contribution in [0.2, 0.25) is 0 Å². The highest BCUT2D eigenvalue weighted by Gasteiger charge is 2.12. The Hall–Kier alpha value is -2.54. The average Bonchev–Trinajstić information content (AvgIpc) is 2.48. The van der Waals surface area contributed by atoms with Crippen molar-refractivity contribution in [1.29, 1.82) is 5.26 Å². The fraction of sp³-hybridized carbons (Fsp3) is 0.188. The van der Waals surface area contributed by atoms with Gasteiger partial charge in [-0.1, -0.05) is 24.3 Å². The minimum Gasteiger partial charge on any atom is -0.496 e. The van der Waals surface area contributed by atoms with Gasteiger partial charge in [-0.25, -0.2) is 4.39 Å². The monoisotopic (exact) mass is 271 g/mol. The Morgan fingerprint density at radius 3 is 2.50 bits per heavy atom. The Morgan fingerprint density at radius 2 is 1.85 bits per heavy atom. The molecule has 2 rings (SSSR count). The summed E-state index contributed by atoms with van der Waals surface area (Å²) in [6.07, 6.45) is 0.254. The van der Waals surface area contributed by atoms with Crippen molar-refractivity contribution in [3.63, 3.8) is 0 Å². The van der Waals surface area contributed by atoms with E-state index in [0.29, 0.717) is 16.9 Å². The van der Waals surface area contributed by atoms with Crippen LogP contribution in [-0.4, -0.2) is 14.2 Å². The second-order valence-corrected chi connectivity index (χ2v) is 4.18. The molecule has 20 heavy (non-hydrogen) atoms. The first-order chi connectivity index (χ1) is 9.71. The lowest BCUT2D eigenvalue weighted by atomic mass is 10.0. The van der Waals surface area contributed by atoms with Gasteiger partial charge in [0.25, 0.3) is 0 Å². The number of ether oxygens (including phenoxy) is 2. The number of nitriles is 1. The largest absolute Gasteiger partial charge is 0.496 e. The Morgan fingerprint density at radius 1 is 1.10 bits per heavy atom. The van der Waals surface area contributed by atoms with E-state index in [1.807, 2.05) is 0 Å². The van der Waals surface area contributed by atoms with Gasteiger partial charge in [-0.05, 0) is 17.7 Å². The van der Waals surface area contributed by atoms with Crippen LogP contribution in [0.4, 0.5) is 4.39 Å². The molecule has 0 aliphatic carbocycles. The lowest BCUT2D eigenvalue weighted by molar-refractivity contribution is 0.387. The van der Waals surface area contributed by atoms with Crippen LogP contribution < -0.4 is 9.47 Å². The number of benzene rings is 2. The number of hydrogen-bond donors (Lipinski definition) is 0. The number of methoxy groups -OCH3 is 2. The Bertz CT molecular complexity index is 662. The molecule has 0 N–H and O–H groups in total. The van der Waals surface area contributed by atoms with E-state index in [1.165, 1.54) is 14.2 Å². The molecular formula is C16H14FNO2. The summed E-state index contributed by atoms with van der Waals surface area (Å²) in [6, 6.07) is 12.3. The minimum absolute atomic E-state index is 0.197. The summed E-state index contributed by atoms with van der Waals surface area (Å²) in [6.45, 7) is 0. The van der Waals surface area contributed by atoms with Crippen LogP contribution in [-0.2, 0) is 6.42 Å². The predicted octanol–water partition coefficient (Wildman–Crippen LogP) is 3.58. The molecule has 0 radical (unpaired) electrons. The van der Waals surface area contributed by atoms with Gasteiger partial charge in [0.2, 0.25) is 0 Å². The van der Waals surface area contributed by atoms with E-state index in [9.17, 15) is 4.39 Å². The highest BCUT2D eigenvalue weighted by Crippen LogP contribution is 2.32. The van der Waals surface area contributed by atoms with E-state index in [4.69, 9.17) is 14.7 Å². The molecule has 3 nitrogen and oxygen atoms in total. The maximum Gasteiger partial charge on any atom is 0.172 e. The van der Waals surface area contributed by atoms with E-state index in [1.54, 1.807) is 36.4 Å². The number of rotatable bonds is 4. The standard InChI is InChI=1S/C16H14FNO2/c1-19-14-5-3-4-13(16(14)17)12-7-6-11(8-9-18)15(10-12)20-2/h3-7,10H,8H2,1-2H3. The van der Waals surface area contributed by atoms with E-state index in [0.717, 1.165) is 5.56 Å². The first kappa shape index (κ1) is 13.9. The zero-order chi connectivity index (χ0) is 14.5. The van der Waals surface area contributed by atoms with Gasteiger partial charge >= 0.3 is 0 Å². The smallest absolute Gasteiger partial charge is 0.172 e. The van der Waals surface area contributed by atoms with Gasteiger partial charge in [0, 0.05) is 11.1 Å². The first-order valence-corrected chi connectivity index (χ1v) is 6.08. The lowest BCUT2D eigenvalue weighted by Gasteiger charge is -2.11. The highest BCUT2D eigenvalue weighted by atomic mass is 19.1. The van der Waals surface area contributed by atoms with Gasteiger partial charge < -0.3 is 9.47 Å². The Kier molecular flexibility index (Phi) is 4.21. The maximum atomic E-state index is 14.2. The molecule has 0 fully saturated rings. The molecule has 0 saturated heterocycles. The summed E-state index contributed by atoms with van der Waals surface area (Å²) in [7, 11) is 2.96. The number of halogens is 1. The normalized spacial score (nSPS) is 9.90. The SMILES string of the molecule is COc1cc(-c2cccc(OC)c2F)ccc1CC#N. The van der Waals surface area contributed by atoms with Crippen molar-refractivity contribution >= 4 is 0 Å². The first-order valence-electron chi connectivity index (χ1n) is 6.08. The zero-order valence-corrected chi connectivity index (χ0v) is 11.3. The number of hydrogen-bond acceptors (Lipinski definition) is 3. The highest BCUT2D eigenvalue weighted by molar-refractivity contribution is 5.68. The molecule has 0 spiro atoms. The van der Waals surface area contributed by atoms with Crippen LogP contribution in [0.25, 0.3) is 11.1 Å². The molecule has 2 aromatic carbocycles.